The van der Waals surface area contributed by atoms with Gasteiger partial charge in [-0.1, -0.05) is 60.7 Å². The number of fused-ring (bicyclic) bond motifs is 1. The lowest BCUT2D eigenvalue weighted by Gasteiger charge is -2.44. The average Bonchev–Trinajstić information content (AvgIpc) is 2.70. The molecule has 134 valence electrons. The summed E-state index contributed by atoms with van der Waals surface area (Å²) in [6.45, 7) is 4.11. The first-order chi connectivity index (χ1) is 13.1. The average molecular weight is 353 g/mol. The summed E-state index contributed by atoms with van der Waals surface area (Å²) in [6.07, 6.45) is 0.884. The Bertz CT molecular complexity index is 1000. The topological polar surface area (TPSA) is 29.1 Å². The Balaban J connectivity index is 1.55. The van der Waals surface area contributed by atoms with Crippen LogP contribution >= 0.6 is 0 Å². The zero-order valence-corrected chi connectivity index (χ0v) is 15.7. The molecule has 3 aliphatic carbocycles. The Hall–Kier alpha value is -2.87. The van der Waals surface area contributed by atoms with Gasteiger partial charge < -0.3 is 5.32 Å². The summed E-state index contributed by atoms with van der Waals surface area (Å²) in [4.78, 5) is 13.3. The summed E-state index contributed by atoms with van der Waals surface area (Å²) in [7, 11) is 0. The molecular weight excluding hydrogens is 330 g/mol. The zero-order chi connectivity index (χ0) is 18.5. The van der Waals surface area contributed by atoms with E-state index in [2.05, 4.69) is 79.0 Å². The SMILES string of the molecule is Cc1ccc(C)c(NC(=O)[C@@H]2CC3c4ccccc4C2c2ccccc23)c1. The molecule has 1 N–H and O–H groups in total. The van der Waals surface area contributed by atoms with Gasteiger partial charge in [0.15, 0.2) is 0 Å². The monoisotopic (exact) mass is 353 g/mol. The number of benzene rings is 3. The number of carbonyl (C=O) groups excluding carboxylic acids is 1. The van der Waals surface area contributed by atoms with Crippen molar-refractivity contribution in [1.82, 2.24) is 0 Å². The van der Waals surface area contributed by atoms with E-state index >= 15 is 0 Å². The Morgan fingerprint density at radius 1 is 0.852 bits per heavy atom. The predicted octanol–water partition coefficient (Wildman–Crippen LogP) is 5.54. The van der Waals surface area contributed by atoms with E-state index in [-0.39, 0.29) is 17.7 Å². The van der Waals surface area contributed by atoms with Crippen LogP contribution in [0.25, 0.3) is 0 Å². The first kappa shape index (κ1) is 16.3. The van der Waals surface area contributed by atoms with Gasteiger partial charge in [0.2, 0.25) is 5.91 Å². The minimum atomic E-state index is -0.0280. The molecule has 3 aliphatic rings. The molecule has 2 bridgehead atoms. The molecule has 0 fully saturated rings. The predicted molar refractivity (Wildman–Crippen MR) is 109 cm³/mol. The fourth-order valence-electron chi connectivity index (χ4n) is 4.99. The van der Waals surface area contributed by atoms with Crippen molar-refractivity contribution in [3.05, 3.63) is 100 Å². The van der Waals surface area contributed by atoms with Crippen molar-refractivity contribution in [2.24, 2.45) is 5.92 Å². The summed E-state index contributed by atoms with van der Waals surface area (Å²) >= 11 is 0. The normalized spacial score (nSPS) is 22.1. The van der Waals surface area contributed by atoms with Gasteiger partial charge in [0.25, 0.3) is 0 Å². The molecule has 0 unspecified atom stereocenters. The van der Waals surface area contributed by atoms with Crippen LogP contribution in [0.2, 0.25) is 0 Å². The summed E-state index contributed by atoms with van der Waals surface area (Å²) in [6, 6.07) is 23.5. The summed E-state index contributed by atoms with van der Waals surface area (Å²) in [5.41, 5.74) is 8.66. The molecule has 1 amide bonds. The number of nitrogens with one attached hydrogen (secondary N) is 1. The van der Waals surface area contributed by atoms with E-state index in [1.54, 1.807) is 0 Å². The molecule has 6 rings (SSSR count). The molecule has 3 aromatic carbocycles. The van der Waals surface area contributed by atoms with Crippen molar-refractivity contribution in [2.75, 3.05) is 5.32 Å². The second-order valence-electron chi connectivity index (χ2n) is 7.94. The highest BCUT2D eigenvalue weighted by atomic mass is 16.1. The Morgan fingerprint density at radius 2 is 1.44 bits per heavy atom. The van der Waals surface area contributed by atoms with Crippen LogP contribution in [0.4, 0.5) is 5.69 Å². The zero-order valence-electron chi connectivity index (χ0n) is 15.7. The Labute approximate surface area is 160 Å². The standard InChI is InChI=1S/C25H23NO/c1-15-11-12-16(2)23(13-15)26-25(27)22-14-21-17-7-3-5-9-19(17)24(22)20-10-6-4-8-18(20)21/h3-13,21-22,24H,14H2,1-2H3,(H,26,27)/t21?,22-,24?/m1/s1. The number of rotatable bonds is 2. The van der Waals surface area contributed by atoms with E-state index in [1.807, 2.05) is 6.92 Å². The molecule has 3 aromatic rings. The second-order valence-corrected chi connectivity index (χ2v) is 7.94. The van der Waals surface area contributed by atoms with Gasteiger partial charge in [-0.15, -0.1) is 0 Å². The van der Waals surface area contributed by atoms with Crippen LogP contribution < -0.4 is 5.32 Å². The van der Waals surface area contributed by atoms with Crippen molar-refractivity contribution < 1.29 is 4.79 Å². The maximum atomic E-state index is 13.3. The molecule has 1 atom stereocenters. The third-order valence-electron chi connectivity index (χ3n) is 6.29. The molecule has 0 aliphatic heterocycles. The molecule has 27 heavy (non-hydrogen) atoms. The smallest absolute Gasteiger partial charge is 0.228 e. The van der Waals surface area contributed by atoms with E-state index in [1.165, 1.54) is 22.3 Å². The van der Waals surface area contributed by atoms with Gasteiger partial charge in [-0.05, 0) is 59.7 Å². The molecule has 0 saturated carbocycles. The van der Waals surface area contributed by atoms with Gasteiger partial charge in [-0.25, -0.2) is 0 Å². The number of hydrogen-bond donors (Lipinski definition) is 1. The van der Waals surface area contributed by atoms with Gasteiger partial charge in [-0.3, -0.25) is 4.79 Å². The van der Waals surface area contributed by atoms with Crippen molar-refractivity contribution in [1.29, 1.82) is 0 Å². The lowest BCUT2D eigenvalue weighted by atomic mass is 9.59. The third-order valence-corrected chi connectivity index (χ3v) is 6.29. The number of amides is 1. The number of anilines is 1. The summed E-state index contributed by atoms with van der Waals surface area (Å²) < 4.78 is 0. The fraction of sp³-hybridized carbons (Fsp3) is 0.240. The molecule has 0 saturated heterocycles. The van der Waals surface area contributed by atoms with Crippen LogP contribution in [0.15, 0.2) is 66.7 Å². The van der Waals surface area contributed by atoms with E-state index in [0.29, 0.717) is 5.92 Å². The quantitative estimate of drug-likeness (QED) is 0.644. The Kier molecular flexibility index (Phi) is 3.68. The number of aryl methyl sites for hydroxylation is 2. The Morgan fingerprint density at radius 3 is 2.07 bits per heavy atom. The molecule has 0 spiro atoms. The van der Waals surface area contributed by atoms with Crippen LogP contribution in [0, 0.1) is 19.8 Å². The lowest BCUT2D eigenvalue weighted by Crippen LogP contribution is -2.38. The molecular formula is C25H23NO. The van der Waals surface area contributed by atoms with Gasteiger partial charge in [0.05, 0.1) is 5.92 Å². The van der Waals surface area contributed by atoms with E-state index in [4.69, 9.17) is 0 Å². The third kappa shape index (κ3) is 2.51. The molecule has 0 aromatic heterocycles. The second kappa shape index (κ2) is 6.09. The first-order valence-corrected chi connectivity index (χ1v) is 9.69. The molecule has 0 radical (unpaired) electrons. The highest BCUT2D eigenvalue weighted by molar-refractivity contribution is 5.95. The molecule has 2 nitrogen and oxygen atoms in total. The summed E-state index contributed by atoms with van der Waals surface area (Å²) in [5.74, 6) is 0.576. The minimum Gasteiger partial charge on any atom is -0.326 e. The van der Waals surface area contributed by atoms with Gasteiger partial charge >= 0.3 is 0 Å². The van der Waals surface area contributed by atoms with Crippen molar-refractivity contribution in [3.8, 4) is 0 Å². The van der Waals surface area contributed by atoms with Gasteiger partial charge in [0, 0.05) is 17.5 Å². The van der Waals surface area contributed by atoms with Crippen LogP contribution in [-0.4, -0.2) is 5.91 Å². The van der Waals surface area contributed by atoms with Crippen molar-refractivity contribution >= 4 is 11.6 Å². The largest absolute Gasteiger partial charge is 0.326 e. The summed E-state index contributed by atoms with van der Waals surface area (Å²) in [5, 5.41) is 3.23. The van der Waals surface area contributed by atoms with Crippen LogP contribution in [0.3, 0.4) is 0 Å². The van der Waals surface area contributed by atoms with Crippen LogP contribution in [0.1, 0.15) is 51.6 Å². The van der Waals surface area contributed by atoms with Crippen LogP contribution in [0.5, 0.6) is 0 Å². The van der Waals surface area contributed by atoms with E-state index < -0.39 is 0 Å². The highest BCUT2D eigenvalue weighted by Gasteiger charge is 2.45. The van der Waals surface area contributed by atoms with E-state index in [9.17, 15) is 4.79 Å². The minimum absolute atomic E-state index is 0.0280. The van der Waals surface area contributed by atoms with Crippen molar-refractivity contribution in [2.45, 2.75) is 32.1 Å². The molecule has 0 heterocycles. The molecule has 2 heteroatoms. The van der Waals surface area contributed by atoms with Gasteiger partial charge in [0.1, 0.15) is 0 Å². The maximum Gasteiger partial charge on any atom is 0.228 e. The number of hydrogen-bond acceptors (Lipinski definition) is 1. The number of carbonyl (C=O) groups is 1. The van der Waals surface area contributed by atoms with E-state index in [0.717, 1.165) is 23.2 Å². The highest BCUT2D eigenvalue weighted by Crippen LogP contribution is 2.55. The first-order valence-electron chi connectivity index (χ1n) is 9.69. The fourth-order valence-corrected chi connectivity index (χ4v) is 4.99. The maximum absolute atomic E-state index is 13.3. The van der Waals surface area contributed by atoms with Crippen molar-refractivity contribution in [3.63, 3.8) is 0 Å². The van der Waals surface area contributed by atoms with Crippen LogP contribution in [-0.2, 0) is 4.79 Å². The lowest BCUT2D eigenvalue weighted by molar-refractivity contribution is -0.121. The van der Waals surface area contributed by atoms with Gasteiger partial charge in [-0.2, -0.15) is 0 Å².